The molecule has 0 heteroatoms. The fraction of sp³-hybridized carbons (Fsp3) is 0.172. The number of hydrogen-bond acceptors (Lipinski definition) is 0. The molecule has 0 spiro atoms. The summed E-state index contributed by atoms with van der Waals surface area (Å²) >= 11 is 0. The molecule has 0 nitrogen and oxygen atoms in total. The Labute approximate surface area is 173 Å². The van der Waals surface area contributed by atoms with Crippen LogP contribution in [-0.4, -0.2) is 0 Å². The summed E-state index contributed by atoms with van der Waals surface area (Å²) in [6.07, 6.45) is 0. The summed E-state index contributed by atoms with van der Waals surface area (Å²) in [5, 5.41) is 0. The normalized spacial score (nSPS) is 14.3. The van der Waals surface area contributed by atoms with Crippen LogP contribution < -0.4 is 0 Å². The van der Waals surface area contributed by atoms with Gasteiger partial charge in [0, 0.05) is 0 Å². The van der Waals surface area contributed by atoms with Gasteiger partial charge in [0.2, 0.25) is 0 Å². The van der Waals surface area contributed by atoms with Crippen LogP contribution in [0.1, 0.15) is 48.6 Å². The second-order valence-electron chi connectivity index (χ2n) is 9.00. The minimum atomic E-state index is -0.307. The van der Waals surface area contributed by atoms with Crippen LogP contribution in [0.3, 0.4) is 0 Å². The zero-order valence-corrected chi connectivity index (χ0v) is 17.3. The molecule has 0 unspecified atom stereocenters. The average molecular weight is 375 g/mol. The van der Waals surface area contributed by atoms with E-state index in [1.54, 1.807) is 0 Å². The van der Waals surface area contributed by atoms with Gasteiger partial charge in [-0.25, -0.2) is 0 Å². The maximum atomic E-state index is 2.34. The second-order valence-corrected chi connectivity index (χ2v) is 9.00. The molecule has 0 saturated heterocycles. The van der Waals surface area contributed by atoms with E-state index in [0.29, 0.717) is 0 Å². The van der Waals surface area contributed by atoms with Gasteiger partial charge in [0.1, 0.15) is 0 Å². The third-order valence-corrected chi connectivity index (χ3v) is 6.30. The smallest absolute Gasteiger partial charge is 0.0622 e. The largest absolute Gasteiger partial charge is 0.0716 e. The molecule has 0 saturated carbocycles. The van der Waals surface area contributed by atoms with Crippen LogP contribution in [0.5, 0.6) is 0 Å². The van der Waals surface area contributed by atoms with Crippen molar-refractivity contribution in [3.63, 3.8) is 0 Å². The van der Waals surface area contributed by atoms with Crippen LogP contribution in [-0.2, 0) is 10.8 Å². The zero-order chi connectivity index (χ0) is 20.1. The average Bonchev–Trinajstić information content (AvgIpc) is 3.05. The molecule has 0 atom stereocenters. The van der Waals surface area contributed by atoms with Gasteiger partial charge in [0.15, 0.2) is 0 Å². The Balaban J connectivity index is 2.00. The van der Waals surface area contributed by atoms with E-state index in [2.05, 4.69) is 124 Å². The summed E-state index contributed by atoms with van der Waals surface area (Å²) in [7, 11) is 0. The summed E-state index contributed by atoms with van der Waals surface area (Å²) in [5.74, 6) is 0. The number of rotatable bonds is 2. The molecule has 0 N–H and O–H groups in total. The lowest BCUT2D eigenvalue weighted by Gasteiger charge is -2.38. The summed E-state index contributed by atoms with van der Waals surface area (Å²) < 4.78 is 0. The van der Waals surface area contributed by atoms with Crippen LogP contribution >= 0.6 is 0 Å². The van der Waals surface area contributed by atoms with Crippen LogP contribution in [0.2, 0.25) is 0 Å². The van der Waals surface area contributed by atoms with E-state index < -0.39 is 0 Å². The van der Waals surface area contributed by atoms with E-state index in [-0.39, 0.29) is 10.8 Å². The Kier molecular flexibility index (Phi) is 3.99. The van der Waals surface area contributed by atoms with Gasteiger partial charge in [-0.15, -0.1) is 0 Å². The Morgan fingerprint density at radius 2 is 0.931 bits per heavy atom. The van der Waals surface area contributed by atoms with Gasteiger partial charge in [0.05, 0.1) is 5.41 Å². The molecule has 1 aliphatic rings. The van der Waals surface area contributed by atoms with E-state index in [1.165, 1.54) is 38.9 Å². The molecule has 0 bridgehead atoms. The minimum absolute atomic E-state index is 0.0465. The monoisotopic (exact) mass is 374 g/mol. The number of fused-ring (bicyclic) bond motifs is 3. The molecule has 1 aliphatic carbocycles. The van der Waals surface area contributed by atoms with Crippen molar-refractivity contribution >= 4 is 0 Å². The first kappa shape index (κ1) is 17.9. The molecule has 0 fully saturated rings. The maximum Gasteiger partial charge on any atom is 0.0716 e. The molecule has 0 heterocycles. The van der Waals surface area contributed by atoms with Crippen molar-refractivity contribution in [2.45, 2.75) is 31.6 Å². The third kappa shape index (κ3) is 2.52. The highest BCUT2D eigenvalue weighted by Gasteiger charge is 2.47. The van der Waals surface area contributed by atoms with Gasteiger partial charge in [-0.2, -0.15) is 0 Å². The number of hydrogen-bond donors (Lipinski definition) is 0. The van der Waals surface area contributed by atoms with Gasteiger partial charge >= 0.3 is 0 Å². The highest BCUT2D eigenvalue weighted by Crippen LogP contribution is 2.57. The molecular formula is C29H26. The molecule has 5 rings (SSSR count). The molecule has 4 aromatic carbocycles. The van der Waals surface area contributed by atoms with Gasteiger partial charge in [-0.05, 0) is 44.4 Å². The summed E-state index contributed by atoms with van der Waals surface area (Å²) in [6.45, 7) is 6.95. The fourth-order valence-electron chi connectivity index (χ4n) is 5.14. The van der Waals surface area contributed by atoms with Crippen molar-refractivity contribution in [1.29, 1.82) is 0 Å². The minimum Gasteiger partial charge on any atom is -0.0622 e. The van der Waals surface area contributed by atoms with Crippen molar-refractivity contribution in [1.82, 2.24) is 0 Å². The van der Waals surface area contributed by atoms with Crippen LogP contribution in [0.25, 0.3) is 11.1 Å². The molecular weight excluding hydrogens is 348 g/mol. The van der Waals surface area contributed by atoms with Crippen molar-refractivity contribution in [3.05, 3.63) is 131 Å². The predicted molar refractivity (Wildman–Crippen MR) is 122 cm³/mol. The molecule has 0 aromatic heterocycles. The first-order valence-corrected chi connectivity index (χ1v) is 10.4. The predicted octanol–water partition coefficient (Wildman–Crippen LogP) is 7.35. The quantitative estimate of drug-likeness (QED) is 0.303. The first-order valence-electron chi connectivity index (χ1n) is 10.4. The lowest BCUT2D eigenvalue weighted by molar-refractivity contribution is 0.571. The topological polar surface area (TPSA) is 0 Å². The van der Waals surface area contributed by atoms with Crippen LogP contribution in [0, 0.1) is 0 Å². The second kappa shape index (κ2) is 6.46. The van der Waals surface area contributed by atoms with Gasteiger partial charge in [-0.1, -0.05) is 124 Å². The summed E-state index contributed by atoms with van der Waals surface area (Å²) in [5.41, 5.74) is 9.29. The van der Waals surface area contributed by atoms with Gasteiger partial charge < -0.3 is 0 Å². The van der Waals surface area contributed by atoms with E-state index in [1.807, 2.05) is 0 Å². The first-order chi connectivity index (χ1) is 14.0. The summed E-state index contributed by atoms with van der Waals surface area (Å²) in [6, 6.07) is 37.9. The maximum absolute atomic E-state index is 2.34. The van der Waals surface area contributed by atoms with Gasteiger partial charge in [0.25, 0.3) is 0 Å². The Morgan fingerprint density at radius 1 is 0.483 bits per heavy atom. The highest BCUT2D eigenvalue weighted by molar-refractivity contribution is 5.86. The fourth-order valence-corrected chi connectivity index (χ4v) is 5.14. The molecule has 0 aliphatic heterocycles. The van der Waals surface area contributed by atoms with E-state index in [0.717, 1.165) is 0 Å². The number of benzene rings is 4. The van der Waals surface area contributed by atoms with Crippen LogP contribution in [0.4, 0.5) is 0 Å². The van der Waals surface area contributed by atoms with Crippen molar-refractivity contribution in [3.8, 4) is 11.1 Å². The lowest BCUT2D eigenvalue weighted by atomic mass is 9.64. The van der Waals surface area contributed by atoms with Crippen molar-refractivity contribution in [2.75, 3.05) is 0 Å². The highest BCUT2D eigenvalue weighted by atomic mass is 14.5. The molecule has 29 heavy (non-hydrogen) atoms. The van der Waals surface area contributed by atoms with E-state index in [9.17, 15) is 0 Å². The lowest BCUT2D eigenvalue weighted by Crippen LogP contribution is -2.32. The third-order valence-electron chi connectivity index (χ3n) is 6.30. The Bertz CT molecular complexity index is 1130. The SMILES string of the molecule is CC(C)(C)c1ccccc1C1(c2ccccc2)c2ccccc2-c2ccccc21. The van der Waals surface area contributed by atoms with E-state index in [4.69, 9.17) is 0 Å². The molecule has 0 radical (unpaired) electrons. The van der Waals surface area contributed by atoms with Crippen molar-refractivity contribution in [2.24, 2.45) is 0 Å². The van der Waals surface area contributed by atoms with E-state index >= 15 is 0 Å². The summed E-state index contributed by atoms with van der Waals surface area (Å²) in [4.78, 5) is 0. The van der Waals surface area contributed by atoms with Gasteiger partial charge in [-0.3, -0.25) is 0 Å². The molecule has 0 amide bonds. The molecule has 142 valence electrons. The Morgan fingerprint density at radius 3 is 1.48 bits per heavy atom. The van der Waals surface area contributed by atoms with Crippen molar-refractivity contribution < 1.29 is 0 Å². The Hall–Kier alpha value is -3.12. The zero-order valence-electron chi connectivity index (χ0n) is 17.3. The van der Waals surface area contributed by atoms with Crippen LogP contribution in [0.15, 0.2) is 103 Å². The standard InChI is InChI=1S/C29H26/c1-28(2,3)26-19-11-12-20-27(26)29(21-13-5-4-6-14-21)24-17-9-7-15-22(24)23-16-8-10-18-25(23)29/h4-20H,1-3H3. The molecule has 4 aromatic rings.